The number of fused-ring (bicyclic) bond motifs is 4. The Morgan fingerprint density at radius 3 is 2.42 bits per heavy atom. The van der Waals surface area contributed by atoms with Crippen LogP contribution < -0.4 is 0 Å². The van der Waals surface area contributed by atoms with Crippen molar-refractivity contribution in [3.05, 3.63) is 40.4 Å². The number of hydrogen-bond donors (Lipinski definition) is 2. The first-order valence-corrected chi connectivity index (χ1v) is 12.3. The van der Waals surface area contributed by atoms with E-state index >= 15 is 0 Å². The van der Waals surface area contributed by atoms with E-state index in [1.807, 2.05) is 0 Å². The van der Waals surface area contributed by atoms with Gasteiger partial charge in [0.15, 0.2) is 9.75 Å². The number of likely N-dealkylation sites (tertiary alicyclic amines) is 1. The van der Waals surface area contributed by atoms with Crippen LogP contribution in [0.5, 0.6) is 5.75 Å². The first kappa shape index (κ1) is 23.1. The molecule has 0 radical (unpaired) electrons. The summed E-state index contributed by atoms with van der Waals surface area (Å²) < 4.78 is 0. The van der Waals surface area contributed by atoms with E-state index in [2.05, 4.69) is 15.9 Å². The first-order valence-electron chi connectivity index (χ1n) is 10.0. The number of carbonyl (C=O) groups is 4. The number of phenols is 1. The Bertz CT molecular complexity index is 1180. The average molecular weight is 579 g/mol. The summed E-state index contributed by atoms with van der Waals surface area (Å²) in [5.41, 5.74) is 0.754. The van der Waals surface area contributed by atoms with E-state index in [1.165, 1.54) is 18.2 Å². The van der Waals surface area contributed by atoms with Gasteiger partial charge in [0.05, 0.1) is 17.3 Å². The van der Waals surface area contributed by atoms with Crippen molar-refractivity contribution in [2.24, 2.45) is 17.8 Å². The van der Waals surface area contributed by atoms with Gasteiger partial charge in [0.1, 0.15) is 5.75 Å². The minimum Gasteiger partial charge on any atom is -0.508 e. The summed E-state index contributed by atoms with van der Waals surface area (Å²) in [6.07, 6.45) is 1.67. The summed E-state index contributed by atoms with van der Waals surface area (Å²) in [6.45, 7) is 0. The molecule has 0 unspecified atom stereocenters. The molecule has 2 heterocycles. The molecule has 2 aliphatic carbocycles. The lowest BCUT2D eigenvalue weighted by atomic mass is 9.56. The molecule has 1 aromatic carbocycles. The van der Waals surface area contributed by atoms with Crippen molar-refractivity contribution in [3.8, 4) is 5.75 Å². The Morgan fingerprint density at radius 2 is 1.79 bits per heavy atom. The number of amides is 4. The van der Waals surface area contributed by atoms with E-state index < -0.39 is 57.0 Å². The predicted octanol–water partition coefficient (Wildman–Crippen LogP) is 3.15. The smallest absolute Gasteiger partial charge is 0.257 e. The predicted molar refractivity (Wildman–Crippen MR) is 120 cm³/mol. The van der Waals surface area contributed by atoms with Crippen molar-refractivity contribution in [3.63, 3.8) is 0 Å². The highest BCUT2D eigenvalue weighted by Crippen LogP contribution is 2.66. The summed E-state index contributed by atoms with van der Waals surface area (Å²) in [5.74, 6) is -6.60. The molecule has 6 atom stereocenters. The molecule has 3 fully saturated rings. The molecular weight excluding hydrogens is 563 g/mol. The molecule has 2 aliphatic heterocycles. The Hall–Kier alpha value is -1.65. The fourth-order valence-corrected chi connectivity index (χ4v) is 7.53. The van der Waals surface area contributed by atoms with Crippen molar-refractivity contribution in [1.82, 2.24) is 9.96 Å². The third-order valence-electron chi connectivity index (χ3n) is 7.29. The van der Waals surface area contributed by atoms with Gasteiger partial charge >= 0.3 is 0 Å². The second kappa shape index (κ2) is 7.42. The molecule has 12 heteroatoms. The molecule has 2 saturated heterocycles. The molecule has 4 aliphatic rings. The maximum absolute atomic E-state index is 13.5. The highest BCUT2D eigenvalue weighted by atomic mass is 79.9. The minimum atomic E-state index is -1.97. The maximum Gasteiger partial charge on any atom is 0.257 e. The van der Waals surface area contributed by atoms with Gasteiger partial charge in [0.2, 0.25) is 0 Å². The number of rotatable bonds is 2. The van der Waals surface area contributed by atoms with Gasteiger partial charge in [-0.2, -0.15) is 5.06 Å². The topological polar surface area (TPSA) is 115 Å². The van der Waals surface area contributed by atoms with Crippen molar-refractivity contribution in [2.75, 3.05) is 5.45 Å². The van der Waals surface area contributed by atoms with Crippen LogP contribution in [0.25, 0.3) is 0 Å². The van der Waals surface area contributed by atoms with Gasteiger partial charge in [0, 0.05) is 10.9 Å². The first-order chi connectivity index (χ1) is 15.5. The molecule has 0 spiro atoms. The molecular formula is C21H16BrCl3N2O6. The van der Waals surface area contributed by atoms with Gasteiger partial charge < -0.3 is 5.11 Å². The molecule has 0 bridgehead atoms. The van der Waals surface area contributed by atoms with Crippen LogP contribution in [0.1, 0.15) is 24.3 Å². The Morgan fingerprint density at radius 1 is 1.09 bits per heavy atom. The highest BCUT2D eigenvalue weighted by molar-refractivity contribution is 9.09. The summed E-state index contributed by atoms with van der Waals surface area (Å²) >= 11 is 23.6. The second-order valence-corrected chi connectivity index (χ2v) is 10.8. The maximum atomic E-state index is 13.5. The van der Waals surface area contributed by atoms with Crippen molar-refractivity contribution in [2.45, 2.75) is 28.5 Å². The number of carbonyl (C=O) groups excluding carboxylic acids is 4. The SMILES string of the molecule is O=C1[C@H]2[C@H](CC=C3[C@H]2C[C@@]2(Cl)C(=O)N(CBr)C(=O)[C@@]2(Cl)[C@H]3c2ccc(O)cc2Cl)C(=O)N1O. The number of hydrogen-bond acceptors (Lipinski definition) is 6. The van der Waals surface area contributed by atoms with Crippen LogP contribution in [0.2, 0.25) is 5.02 Å². The molecule has 0 aromatic heterocycles. The van der Waals surface area contributed by atoms with Gasteiger partial charge in [-0.3, -0.25) is 29.3 Å². The van der Waals surface area contributed by atoms with E-state index in [4.69, 9.17) is 34.8 Å². The fourth-order valence-electron chi connectivity index (χ4n) is 5.83. The average Bonchev–Trinajstić information content (AvgIpc) is 3.07. The van der Waals surface area contributed by atoms with Crippen LogP contribution >= 0.6 is 50.7 Å². The number of hydroxylamine groups is 2. The Balaban J connectivity index is 1.77. The Kier molecular flexibility index (Phi) is 5.20. The van der Waals surface area contributed by atoms with E-state index in [0.29, 0.717) is 11.1 Å². The number of nitrogens with zero attached hydrogens (tertiary/aromatic N) is 2. The van der Waals surface area contributed by atoms with Crippen LogP contribution in [-0.2, 0) is 19.2 Å². The van der Waals surface area contributed by atoms with Gasteiger partial charge in [-0.05, 0) is 36.5 Å². The number of benzene rings is 1. The quantitative estimate of drug-likeness (QED) is 0.183. The van der Waals surface area contributed by atoms with E-state index in [0.717, 1.165) is 4.90 Å². The van der Waals surface area contributed by atoms with Crippen LogP contribution in [0.3, 0.4) is 0 Å². The summed E-state index contributed by atoms with van der Waals surface area (Å²) in [7, 11) is 0. The van der Waals surface area contributed by atoms with Gasteiger partial charge in [-0.1, -0.05) is 45.2 Å². The zero-order valence-electron chi connectivity index (χ0n) is 16.7. The van der Waals surface area contributed by atoms with Crippen LogP contribution in [0.15, 0.2) is 29.8 Å². The molecule has 2 N–H and O–H groups in total. The van der Waals surface area contributed by atoms with Gasteiger partial charge in [0.25, 0.3) is 23.6 Å². The van der Waals surface area contributed by atoms with Crippen LogP contribution in [0, 0.1) is 17.8 Å². The summed E-state index contributed by atoms with van der Waals surface area (Å²) in [6, 6.07) is 4.15. The third-order valence-corrected chi connectivity index (χ3v) is 9.53. The van der Waals surface area contributed by atoms with Crippen molar-refractivity contribution >= 4 is 74.4 Å². The second-order valence-electron chi connectivity index (χ2n) is 8.68. The number of imide groups is 2. The Labute approximate surface area is 211 Å². The monoisotopic (exact) mass is 576 g/mol. The molecule has 1 saturated carbocycles. The van der Waals surface area contributed by atoms with Gasteiger partial charge in [-0.15, -0.1) is 23.2 Å². The summed E-state index contributed by atoms with van der Waals surface area (Å²) in [4.78, 5) is 49.1. The number of halogens is 4. The lowest BCUT2D eigenvalue weighted by Gasteiger charge is -2.50. The van der Waals surface area contributed by atoms with Gasteiger partial charge in [-0.25, -0.2) is 0 Å². The lowest BCUT2D eigenvalue weighted by molar-refractivity contribution is -0.173. The highest BCUT2D eigenvalue weighted by Gasteiger charge is 2.76. The molecule has 174 valence electrons. The van der Waals surface area contributed by atoms with Crippen molar-refractivity contribution in [1.29, 1.82) is 0 Å². The lowest BCUT2D eigenvalue weighted by Crippen LogP contribution is -2.60. The molecule has 5 rings (SSSR count). The van der Waals surface area contributed by atoms with E-state index in [-0.39, 0.29) is 34.1 Å². The third kappa shape index (κ3) is 2.74. The normalized spacial score (nSPS) is 37.8. The molecule has 1 aromatic rings. The van der Waals surface area contributed by atoms with E-state index in [1.54, 1.807) is 6.08 Å². The largest absolute Gasteiger partial charge is 0.508 e. The molecule has 8 nitrogen and oxygen atoms in total. The fraction of sp³-hybridized carbons (Fsp3) is 0.429. The number of aromatic hydroxyl groups is 1. The molecule has 4 amide bonds. The van der Waals surface area contributed by atoms with Crippen LogP contribution in [-0.4, -0.2) is 59.1 Å². The van der Waals surface area contributed by atoms with E-state index in [9.17, 15) is 29.5 Å². The number of allylic oxidation sites excluding steroid dienone is 2. The standard InChI is InChI=1S/C21H16BrCl3N2O6/c22-7-26-18(31)20(24)6-12-9(3-4-11-14(12)17(30)27(33)16(11)29)15(21(20,25)19(26)32)10-2-1-8(28)5-13(10)23/h1-3,5,11-12,14-15,28,33H,4,6-7H2/t11-,12+,14-,15+,20+,21-/m0/s1. The number of phenolic OH excluding ortho intramolecular Hbond substituents is 1. The zero-order chi connectivity index (χ0) is 24.0. The van der Waals surface area contributed by atoms with Crippen molar-refractivity contribution < 1.29 is 29.5 Å². The zero-order valence-corrected chi connectivity index (χ0v) is 20.5. The summed E-state index contributed by atoms with van der Waals surface area (Å²) in [5, 5.41) is 20.1. The van der Waals surface area contributed by atoms with Crippen LogP contribution in [0.4, 0.5) is 0 Å². The molecule has 33 heavy (non-hydrogen) atoms. The number of alkyl halides is 3. The minimum absolute atomic E-state index is 0.0952.